The zero-order chi connectivity index (χ0) is 62.8. The number of nitriles is 2. The first-order chi connectivity index (χ1) is 42.3. The molecule has 0 atom stereocenters. The summed E-state index contributed by atoms with van der Waals surface area (Å²) in [4.78, 5) is 39.6. The number of phenolic OH excluding ortho intramolecular Hbond substituents is 2. The van der Waals surface area contributed by atoms with Crippen molar-refractivity contribution in [2.75, 3.05) is 6.26 Å². The Bertz CT molecular complexity index is 4900. The van der Waals surface area contributed by atoms with Crippen LogP contribution in [0.5, 0.6) is 23.0 Å². The first-order valence-corrected chi connectivity index (χ1v) is 29.4. The van der Waals surface area contributed by atoms with Crippen LogP contribution in [-0.2, 0) is 0 Å². The van der Waals surface area contributed by atoms with E-state index in [1.165, 1.54) is 72.1 Å². The summed E-state index contributed by atoms with van der Waals surface area (Å²) in [5.74, 6) is -3.19. The van der Waals surface area contributed by atoms with Crippen molar-refractivity contribution in [1.82, 2.24) is 52.4 Å². The summed E-state index contributed by atoms with van der Waals surface area (Å²) < 4.78 is 43.4. The predicted octanol–water partition coefficient (Wildman–Crippen LogP) is 16.2. The average Bonchev–Trinajstić information content (AvgIpc) is 3.42. The van der Waals surface area contributed by atoms with Crippen LogP contribution in [0.25, 0.3) is 44.1 Å². The van der Waals surface area contributed by atoms with Crippen molar-refractivity contribution in [3.63, 3.8) is 0 Å². The van der Waals surface area contributed by atoms with Crippen molar-refractivity contribution in [3.05, 3.63) is 140 Å². The highest BCUT2D eigenvalue weighted by molar-refractivity contribution is 7.98. The number of aryl methyl sites for hydroxylation is 1. The Labute approximate surface area is 530 Å². The Hall–Kier alpha value is -9.75. The van der Waals surface area contributed by atoms with E-state index in [2.05, 4.69) is 93.3 Å². The topological polar surface area (TPSA) is 412 Å². The molecule has 0 radical (unpaired) electrons. The highest BCUT2D eigenvalue weighted by Gasteiger charge is 2.17. The number of fused-ring (bicyclic) bond motifs is 4. The quantitative estimate of drug-likeness (QED) is 0.0482. The van der Waals surface area contributed by atoms with E-state index in [1.807, 2.05) is 12.1 Å². The predicted molar refractivity (Wildman–Crippen MR) is 327 cm³/mol. The lowest BCUT2D eigenvalue weighted by Crippen LogP contribution is -2.10. The molecule has 0 aliphatic rings. The molecule has 0 bridgehead atoms. The van der Waals surface area contributed by atoms with Crippen LogP contribution in [0.3, 0.4) is 0 Å². The first kappa shape index (κ1) is 62.8. The van der Waals surface area contributed by atoms with Crippen molar-refractivity contribution < 1.29 is 34.0 Å². The Balaban J connectivity index is 0.000000140. The minimum absolute atomic E-state index is 0.0113. The summed E-state index contributed by atoms with van der Waals surface area (Å²) in [5, 5.41) is 92.4. The molecule has 27 nitrogen and oxygen atoms in total. The molecule has 3 aromatic carbocycles. The number of phenols is 3. The van der Waals surface area contributed by atoms with E-state index in [0.29, 0.717) is 92.6 Å². The smallest absolute Gasteiger partial charge is 0.252 e. The highest BCUT2D eigenvalue weighted by atomic mass is 35.5. The molecule has 6 N–H and O–H groups in total. The van der Waals surface area contributed by atoms with Crippen LogP contribution in [0.1, 0.15) is 27.3 Å². The molecule has 0 aliphatic heterocycles. The van der Waals surface area contributed by atoms with Gasteiger partial charge >= 0.3 is 0 Å². The number of azo groups is 4. The average molecular weight is 1360 g/mol. The molecule has 0 unspecified atom stereocenters. The van der Waals surface area contributed by atoms with E-state index in [9.17, 15) is 28.9 Å². The lowest BCUT2D eigenvalue weighted by Gasteiger charge is -2.00. The van der Waals surface area contributed by atoms with Crippen molar-refractivity contribution in [2.45, 2.75) is 11.9 Å². The molecule has 38 heteroatoms. The normalized spacial score (nSPS) is 11.3. The maximum absolute atomic E-state index is 13.6. The molecule has 0 spiro atoms. The number of halogens is 6. The van der Waals surface area contributed by atoms with Gasteiger partial charge in [-0.05, 0) is 108 Å². The zero-order valence-corrected chi connectivity index (χ0v) is 50.7. The van der Waals surface area contributed by atoms with Crippen molar-refractivity contribution in [1.29, 1.82) is 10.5 Å². The fourth-order valence-corrected chi connectivity index (χ4v) is 10.4. The van der Waals surface area contributed by atoms with E-state index >= 15 is 0 Å². The number of nitrogens with two attached hydrogens (primary N) is 1. The second-order valence-electron chi connectivity index (χ2n) is 16.6. The molecular weight excluding hydrogens is 1330 g/mol. The van der Waals surface area contributed by atoms with Crippen molar-refractivity contribution in [2.24, 2.45) is 46.6 Å². The van der Waals surface area contributed by atoms with Gasteiger partial charge in [-0.2, -0.15) is 28.0 Å². The molecule has 0 aliphatic carbocycles. The maximum atomic E-state index is 13.6. The lowest BCUT2D eigenvalue weighted by molar-refractivity contribution is 0.0997. The van der Waals surface area contributed by atoms with Crippen LogP contribution in [0.2, 0.25) is 20.4 Å². The van der Waals surface area contributed by atoms with E-state index in [0.717, 1.165) is 46.1 Å². The number of nitrogens with zero attached hydrogens (tertiary/aromatic N) is 21. The number of hydrogen-bond acceptors (Lipinski definition) is 31. The molecular formula is C50H26Cl4F2N22O5S5. The molecule has 12 rings (SSSR count). The maximum Gasteiger partial charge on any atom is 0.252 e. The highest BCUT2D eigenvalue weighted by Crippen LogP contribution is 2.39. The van der Waals surface area contributed by atoms with Gasteiger partial charge in [0.15, 0.2) is 76.7 Å². The van der Waals surface area contributed by atoms with E-state index in [-0.39, 0.29) is 60.2 Å². The number of carbonyl (C=O) groups is 1. The van der Waals surface area contributed by atoms with E-state index in [1.54, 1.807) is 37.7 Å². The third kappa shape index (κ3) is 14.9. The number of aromatic hydroxyl groups is 4. The van der Waals surface area contributed by atoms with Gasteiger partial charge in [-0.25, -0.2) is 43.7 Å². The largest absolute Gasteiger partial charge is 0.507 e. The van der Waals surface area contributed by atoms with Gasteiger partial charge in [0.1, 0.15) is 51.7 Å². The minimum atomic E-state index is -1.00. The molecule has 438 valence electrons. The number of amides is 1. The summed E-state index contributed by atoms with van der Waals surface area (Å²) in [5.41, 5.74) is 8.11. The number of primary amides is 1. The van der Waals surface area contributed by atoms with Crippen LogP contribution in [-0.4, -0.2) is 85.0 Å². The standard InChI is InChI=1S/C14H7ClN6O2S.C14H7F2N5OS2.C11H6Cl2N6OS.C11H6ClN5OS/c15-11-6(5-16)3-9-13(18-11)21-24-14(9)20-19-7-1-2-10(22)8(4-7)12(17)23;1-23-13-6(5-17)2-7-12(18-13)21-24-14(7)20-19-10-3-9(16)11(22)4-8(10)15;1-4-14-3-5-9(15-4)19-21-11(5)18-17-10-6(12)2-7(20)8(13)16-10;12-8-3-6(1-2-9(8)18)15-16-11-7-4-13-5-14-10(7)17-19-11/h1-4,22H,(H2,17,23);2-4,22H,1H3;2-3,20H,1H3;1-5,18H. The van der Waals surface area contributed by atoms with Gasteiger partial charge in [-0.3, -0.25) is 4.79 Å². The zero-order valence-electron chi connectivity index (χ0n) is 43.6. The summed E-state index contributed by atoms with van der Waals surface area (Å²) in [6.45, 7) is 1.78. The molecule has 0 saturated heterocycles. The Morgan fingerprint density at radius 2 is 1.14 bits per heavy atom. The van der Waals surface area contributed by atoms with Crippen LogP contribution in [0, 0.1) is 41.2 Å². The number of hydrogen-bond donors (Lipinski definition) is 5. The van der Waals surface area contributed by atoms with Crippen LogP contribution in [0.4, 0.5) is 51.7 Å². The van der Waals surface area contributed by atoms with Crippen LogP contribution in [0.15, 0.2) is 131 Å². The van der Waals surface area contributed by atoms with Crippen LogP contribution >= 0.6 is 104 Å². The summed E-state index contributed by atoms with van der Waals surface area (Å²) >= 11 is 28.9. The molecule has 9 heterocycles. The number of aromatic nitrogens is 11. The van der Waals surface area contributed by atoms with E-state index in [4.69, 9.17) is 67.8 Å². The minimum Gasteiger partial charge on any atom is -0.507 e. The second kappa shape index (κ2) is 28.2. The number of thioether (sulfide) groups is 1. The fraction of sp³-hybridized carbons (Fsp3) is 0.0400. The Kier molecular flexibility index (Phi) is 20.1. The molecule has 88 heavy (non-hydrogen) atoms. The number of rotatable bonds is 10. The summed E-state index contributed by atoms with van der Waals surface area (Å²) in [6, 6.07) is 18.4. The summed E-state index contributed by atoms with van der Waals surface area (Å²) in [6.07, 6.45) is 6.51. The SMILES string of the molecule is CSc1nc2nsc(N=Nc3cc(F)c(O)cc3F)c2cc1C#N.Cc1ncc2c(N=Nc3nc(Cl)c(O)cc3Cl)snc2n1.N#Cc1cc2c(N=Nc3ccc(O)c(C(N)=O)c3)snc2nc1Cl.Oc1ccc(N=Nc2snc3ncncc23)cc1Cl. The van der Waals surface area contributed by atoms with Crippen LogP contribution < -0.4 is 5.73 Å². The number of pyridine rings is 3. The van der Waals surface area contributed by atoms with Gasteiger partial charge < -0.3 is 26.2 Å². The molecule has 9 aromatic heterocycles. The molecule has 0 saturated carbocycles. The third-order valence-corrected chi connectivity index (χ3v) is 15.6. The second-order valence-corrected chi connectivity index (χ2v) is 21.9. The van der Waals surface area contributed by atoms with E-state index < -0.39 is 23.3 Å². The fourth-order valence-electron chi connectivity index (χ4n) is 6.65. The van der Waals surface area contributed by atoms with Gasteiger partial charge in [0, 0.05) is 30.6 Å². The van der Waals surface area contributed by atoms with Gasteiger partial charge in [0.25, 0.3) is 5.91 Å². The van der Waals surface area contributed by atoms with Gasteiger partial charge in [-0.1, -0.05) is 46.4 Å². The third-order valence-electron chi connectivity index (χ3n) is 10.8. The molecule has 12 aromatic rings. The Morgan fingerprint density at radius 1 is 0.568 bits per heavy atom. The van der Waals surface area contributed by atoms with Crippen molar-refractivity contribution >= 4 is 197 Å². The first-order valence-electron chi connectivity index (χ1n) is 23.6. The number of benzene rings is 3. The number of carbonyl (C=O) groups excluding carboxylic acids is 1. The molecule has 0 fully saturated rings. The van der Waals surface area contributed by atoms with Crippen molar-refractivity contribution in [3.8, 4) is 35.1 Å². The lowest BCUT2D eigenvalue weighted by atomic mass is 10.2. The van der Waals surface area contributed by atoms with Gasteiger partial charge in [0.2, 0.25) is 0 Å². The summed E-state index contributed by atoms with van der Waals surface area (Å²) in [7, 11) is 0. The monoisotopic (exact) mass is 1350 g/mol. The van der Waals surface area contributed by atoms with Gasteiger partial charge in [0.05, 0.1) is 59.7 Å². The van der Waals surface area contributed by atoms with Gasteiger partial charge in [-0.15, -0.1) is 52.7 Å². The molecule has 1 amide bonds. The Morgan fingerprint density at radius 3 is 1.77 bits per heavy atom.